The molecule has 0 radical (unpaired) electrons. The van der Waals surface area contributed by atoms with Crippen LogP contribution in [0.1, 0.15) is 11.5 Å². The smallest absolute Gasteiger partial charge is 0.266 e. The number of piperazine rings is 1. The predicted octanol–water partition coefficient (Wildman–Crippen LogP) is 0.994. The van der Waals surface area contributed by atoms with Crippen molar-refractivity contribution >= 4 is 11.6 Å². The lowest BCUT2D eigenvalue weighted by atomic mass is 10.1. The first-order chi connectivity index (χ1) is 9.72. The van der Waals surface area contributed by atoms with E-state index >= 15 is 0 Å². The number of para-hydroxylation sites is 1. The first-order valence-electron chi connectivity index (χ1n) is 6.82. The number of hydrogen-bond acceptors (Lipinski definition) is 6. The van der Waals surface area contributed by atoms with E-state index in [2.05, 4.69) is 27.0 Å². The highest BCUT2D eigenvalue weighted by molar-refractivity contribution is 5.47. The van der Waals surface area contributed by atoms with Crippen LogP contribution in [-0.4, -0.2) is 48.3 Å². The van der Waals surface area contributed by atoms with Crippen molar-refractivity contribution < 1.29 is 4.52 Å². The SMILES string of the molecule is CN1CCN(c2noc(Cc3ccccc3N)n2)CC1. The van der Waals surface area contributed by atoms with Crippen molar-refractivity contribution in [3.63, 3.8) is 0 Å². The van der Waals surface area contributed by atoms with Crippen LogP contribution < -0.4 is 10.6 Å². The number of benzene rings is 1. The second-order valence-electron chi connectivity index (χ2n) is 5.15. The number of hydrogen-bond donors (Lipinski definition) is 1. The van der Waals surface area contributed by atoms with Gasteiger partial charge in [0.2, 0.25) is 5.89 Å². The molecular weight excluding hydrogens is 254 g/mol. The predicted molar refractivity (Wildman–Crippen MR) is 77.7 cm³/mol. The van der Waals surface area contributed by atoms with Gasteiger partial charge >= 0.3 is 0 Å². The fourth-order valence-electron chi connectivity index (χ4n) is 2.31. The summed E-state index contributed by atoms with van der Waals surface area (Å²) >= 11 is 0. The first-order valence-corrected chi connectivity index (χ1v) is 6.82. The molecule has 1 saturated heterocycles. The van der Waals surface area contributed by atoms with E-state index in [1.165, 1.54) is 0 Å². The van der Waals surface area contributed by atoms with Crippen molar-refractivity contribution in [3.8, 4) is 0 Å². The number of nitrogens with two attached hydrogens (primary N) is 1. The van der Waals surface area contributed by atoms with Crippen molar-refractivity contribution in [2.45, 2.75) is 6.42 Å². The fraction of sp³-hybridized carbons (Fsp3) is 0.429. The average molecular weight is 273 g/mol. The van der Waals surface area contributed by atoms with Gasteiger partial charge in [-0.25, -0.2) is 0 Å². The number of nitrogen functional groups attached to an aromatic ring is 1. The second kappa shape index (κ2) is 5.50. The minimum Gasteiger partial charge on any atom is -0.398 e. The summed E-state index contributed by atoms with van der Waals surface area (Å²) in [6.07, 6.45) is 0.577. The Hall–Kier alpha value is -2.08. The standard InChI is InChI=1S/C14H19N5O/c1-18-6-8-19(9-7-18)14-16-13(20-17-14)10-11-4-2-3-5-12(11)15/h2-5H,6-10,15H2,1H3. The molecule has 1 fully saturated rings. The highest BCUT2D eigenvalue weighted by Crippen LogP contribution is 2.17. The molecule has 0 amide bonds. The summed E-state index contributed by atoms with van der Waals surface area (Å²) in [7, 11) is 2.12. The van der Waals surface area contributed by atoms with Gasteiger partial charge in [0.05, 0.1) is 6.42 Å². The highest BCUT2D eigenvalue weighted by Gasteiger charge is 2.19. The molecule has 6 nitrogen and oxygen atoms in total. The van der Waals surface area contributed by atoms with Crippen LogP contribution in [0.4, 0.5) is 11.6 Å². The van der Waals surface area contributed by atoms with E-state index in [1.54, 1.807) is 0 Å². The Balaban J connectivity index is 1.69. The molecule has 1 aliphatic rings. The molecule has 0 unspecified atom stereocenters. The van der Waals surface area contributed by atoms with Gasteiger partial charge < -0.3 is 20.1 Å². The van der Waals surface area contributed by atoms with E-state index in [4.69, 9.17) is 10.3 Å². The van der Waals surface area contributed by atoms with Gasteiger partial charge in [0.1, 0.15) is 0 Å². The zero-order valence-corrected chi connectivity index (χ0v) is 11.6. The molecule has 3 rings (SSSR count). The number of aromatic nitrogens is 2. The third-order valence-corrected chi connectivity index (χ3v) is 3.64. The van der Waals surface area contributed by atoms with Crippen molar-refractivity contribution in [3.05, 3.63) is 35.7 Å². The van der Waals surface area contributed by atoms with Crippen LogP contribution in [-0.2, 0) is 6.42 Å². The summed E-state index contributed by atoms with van der Waals surface area (Å²) in [5.41, 5.74) is 7.70. The molecule has 2 aromatic rings. The van der Waals surface area contributed by atoms with Gasteiger partial charge in [0.15, 0.2) is 0 Å². The van der Waals surface area contributed by atoms with Crippen molar-refractivity contribution in [2.24, 2.45) is 0 Å². The minimum atomic E-state index is 0.577. The average Bonchev–Trinajstić information content (AvgIpc) is 2.91. The van der Waals surface area contributed by atoms with Crippen LogP contribution in [0, 0.1) is 0 Å². The lowest BCUT2D eigenvalue weighted by Crippen LogP contribution is -2.44. The van der Waals surface area contributed by atoms with Gasteiger partial charge in [0, 0.05) is 31.9 Å². The summed E-state index contributed by atoms with van der Waals surface area (Å²) in [6.45, 7) is 3.91. The molecule has 20 heavy (non-hydrogen) atoms. The van der Waals surface area contributed by atoms with Crippen LogP contribution in [0.25, 0.3) is 0 Å². The fourth-order valence-corrected chi connectivity index (χ4v) is 2.31. The maximum absolute atomic E-state index is 5.93. The van der Waals surface area contributed by atoms with Crippen molar-refractivity contribution in [1.29, 1.82) is 0 Å². The molecule has 2 heterocycles. The van der Waals surface area contributed by atoms with E-state index < -0.39 is 0 Å². The van der Waals surface area contributed by atoms with Gasteiger partial charge in [-0.3, -0.25) is 0 Å². The first kappa shape index (κ1) is 12.9. The molecule has 2 N–H and O–H groups in total. The highest BCUT2D eigenvalue weighted by atomic mass is 16.5. The van der Waals surface area contributed by atoms with Gasteiger partial charge in [-0.15, -0.1) is 0 Å². The zero-order valence-electron chi connectivity index (χ0n) is 11.6. The quantitative estimate of drug-likeness (QED) is 0.841. The topological polar surface area (TPSA) is 71.4 Å². The number of likely N-dealkylation sites (N-methyl/N-ethyl adjacent to an activating group) is 1. The molecule has 6 heteroatoms. The Labute approximate surface area is 118 Å². The van der Waals surface area contributed by atoms with Crippen LogP contribution in [0.2, 0.25) is 0 Å². The normalized spacial score (nSPS) is 16.6. The van der Waals surface area contributed by atoms with E-state index in [0.717, 1.165) is 37.4 Å². The molecule has 0 spiro atoms. The van der Waals surface area contributed by atoms with E-state index in [-0.39, 0.29) is 0 Å². The third kappa shape index (κ3) is 2.75. The summed E-state index contributed by atoms with van der Waals surface area (Å²) in [5.74, 6) is 1.29. The maximum atomic E-state index is 5.93. The monoisotopic (exact) mass is 273 g/mol. The summed E-state index contributed by atoms with van der Waals surface area (Å²) in [6, 6.07) is 7.74. The lowest BCUT2D eigenvalue weighted by Gasteiger charge is -2.31. The number of rotatable bonds is 3. The molecule has 0 saturated carbocycles. The largest absolute Gasteiger partial charge is 0.398 e. The van der Waals surface area contributed by atoms with E-state index in [1.807, 2.05) is 24.3 Å². The molecule has 1 aromatic heterocycles. The minimum absolute atomic E-state index is 0.577. The molecule has 0 atom stereocenters. The number of nitrogens with zero attached hydrogens (tertiary/aromatic N) is 4. The molecule has 1 aromatic carbocycles. The second-order valence-corrected chi connectivity index (χ2v) is 5.15. The Morgan fingerprint density at radius 3 is 2.70 bits per heavy atom. The van der Waals surface area contributed by atoms with Crippen molar-refractivity contribution in [1.82, 2.24) is 15.0 Å². The van der Waals surface area contributed by atoms with Gasteiger partial charge in [0.25, 0.3) is 5.95 Å². The maximum Gasteiger partial charge on any atom is 0.266 e. The summed E-state index contributed by atoms with van der Waals surface area (Å²) in [5, 5.41) is 4.07. The summed E-state index contributed by atoms with van der Waals surface area (Å²) in [4.78, 5) is 8.92. The Morgan fingerprint density at radius 1 is 1.20 bits per heavy atom. The van der Waals surface area contributed by atoms with Crippen molar-refractivity contribution in [2.75, 3.05) is 43.9 Å². The third-order valence-electron chi connectivity index (χ3n) is 3.64. The molecular formula is C14H19N5O. The zero-order chi connectivity index (χ0) is 13.9. The van der Waals surface area contributed by atoms with Gasteiger partial charge in [-0.1, -0.05) is 18.2 Å². The van der Waals surface area contributed by atoms with E-state index in [9.17, 15) is 0 Å². The van der Waals surface area contributed by atoms with Gasteiger partial charge in [-0.2, -0.15) is 4.98 Å². The van der Waals surface area contributed by atoms with Crippen LogP contribution in [0.3, 0.4) is 0 Å². The summed E-state index contributed by atoms with van der Waals surface area (Å²) < 4.78 is 5.33. The Kier molecular flexibility index (Phi) is 3.56. The van der Waals surface area contributed by atoms with Crippen LogP contribution >= 0.6 is 0 Å². The molecule has 106 valence electrons. The van der Waals surface area contributed by atoms with Crippen LogP contribution in [0.15, 0.2) is 28.8 Å². The van der Waals surface area contributed by atoms with Crippen LogP contribution in [0.5, 0.6) is 0 Å². The lowest BCUT2D eigenvalue weighted by molar-refractivity contribution is 0.308. The van der Waals surface area contributed by atoms with Gasteiger partial charge in [-0.05, 0) is 23.8 Å². The Morgan fingerprint density at radius 2 is 1.95 bits per heavy atom. The number of anilines is 2. The molecule has 1 aliphatic heterocycles. The Bertz CT molecular complexity index is 574. The van der Waals surface area contributed by atoms with E-state index in [0.29, 0.717) is 18.3 Å². The molecule has 0 aliphatic carbocycles. The molecule has 0 bridgehead atoms.